The van der Waals surface area contributed by atoms with E-state index in [1.54, 1.807) is 48.5 Å². The third-order valence-electron chi connectivity index (χ3n) is 5.45. The molecule has 6 heteroatoms. The van der Waals surface area contributed by atoms with Crippen LogP contribution in [-0.4, -0.2) is 21.4 Å². The SMILES string of the molecule is CC[C@@H](NC(=O)c1ccc(N(C)S(=O)(=O)c2ccc(C)cc2)cc1)c1ccccc1C. The van der Waals surface area contributed by atoms with Crippen molar-refractivity contribution in [3.05, 3.63) is 95.1 Å². The number of nitrogens with one attached hydrogen (secondary N) is 1. The molecular formula is C25H28N2O3S. The topological polar surface area (TPSA) is 66.5 Å². The average Bonchev–Trinajstić information content (AvgIpc) is 2.77. The Morgan fingerprint density at radius 2 is 1.55 bits per heavy atom. The minimum atomic E-state index is -3.67. The van der Waals surface area contributed by atoms with Gasteiger partial charge >= 0.3 is 0 Å². The zero-order valence-electron chi connectivity index (χ0n) is 18.3. The highest BCUT2D eigenvalue weighted by Gasteiger charge is 2.22. The van der Waals surface area contributed by atoms with Gasteiger partial charge in [-0.1, -0.05) is 48.9 Å². The number of amides is 1. The summed E-state index contributed by atoms with van der Waals surface area (Å²) in [6.07, 6.45) is 0.770. The molecule has 3 rings (SSSR count). The first-order valence-electron chi connectivity index (χ1n) is 10.3. The lowest BCUT2D eigenvalue weighted by Crippen LogP contribution is -2.29. The molecular weight excluding hydrogens is 408 g/mol. The molecule has 0 spiro atoms. The van der Waals surface area contributed by atoms with E-state index in [1.165, 1.54) is 11.4 Å². The minimum absolute atomic E-state index is 0.0852. The Morgan fingerprint density at radius 3 is 2.13 bits per heavy atom. The number of carbonyl (C=O) groups is 1. The van der Waals surface area contributed by atoms with Crippen LogP contribution in [0.3, 0.4) is 0 Å². The molecule has 0 aliphatic rings. The van der Waals surface area contributed by atoms with Crippen LogP contribution in [0.15, 0.2) is 77.7 Å². The Kier molecular flexibility index (Phi) is 6.81. The first-order valence-corrected chi connectivity index (χ1v) is 11.7. The summed E-state index contributed by atoms with van der Waals surface area (Å²) in [5.74, 6) is -0.189. The summed E-state index contributed by atoms with van der Waals surface area (Å²) in [5, 5.41) is 3.08. The fourth-order valence-corrected chi connectivity index (χ4v) is 4.64. The Morgan fingerprint density at radius 1 is 0.935 bits per heavy atom. The van der Waals surface area contributed by atoms with Gasteiger partial charge in [-0.15, -0.1) is 0 Å². The molecule has 1 atom stereocenters. The number of carbonyl (C=O) groups excluding carboxylic acids is 1. The maximum Gasteiger partial charge on any atom is 0.264 e. The highest BCUT2D eigenvalue weighted by molar-refractivity contribution is 7.92. The number of sulfonamides is 1. The van der Waals surface area contributed by atoms with Crippen LogP contribution >= 0.6 is 0 Å². The van der Waals surface area contributed by atoms with Crippen molar-refractivity contribution in [1.82, 2.24) is 5.32 Å². The van der Waals surface area contributed by atoms with E-state index in [4.69, 9.17) is 0 Å². The molecule has 0 aromatic heterocycles. The second kappa shape index (κ2) is 9.35. The van der Waals surface area contributed by atoms with E-state index in [0.29, 0.717) is 11.3 Å². The summed E-state index contributed by atoms with van der Waals surface area (Å²) in [5.41, 5.74) is 4.19. The molecule has 5 nitrogen and oxygen atoms in total. The lowest BCUT2D eigenvalue weighted by atomic mass is 9.99. The minimum Gasteiger partial charge on any atom is -0.345 e. The standard InChI is InChI=1S/C25H28N2O3S/c1-5-24(23-9-7-6-8-19(23)3)26-25(28)20-12-14-21(15-13-20)27(4)31(29,30)22-16-10-18(2)11-17-22/h6-17,24H,5H2,1-4H3,(H,26,28)/t24-/m1/s1. The van der Waals surface area contributed by atoms with Gasteiger partial charge in [0.1, 0.15) is 0 Å². The van der Waals surface area contributed by atoms with Gasteiger partial charge in [-0.2, -0.15) is 0 Å². The summed E-state index contributed by atoms with van der Waals surface area (Å²) >= 11 is 0. The van der Waals surface area contributed by atoms with Crippen molar-refractivity contribution in [1.29, 1.82) is 0 Å². The van der Waals surface area contributed by atoms with Crippen LogP contribution in [0.25, 0.3) is 0 Å². The lowest BCUT2D eigenvalue weighted by molar-refractivity contribution is 0.0935. The highest BCUT2D eigenvalue weighted by Crippen LogP contribution is 2.24. The number of rotatable bonds is 7. The number of anilines is 1. The van der Waals surface area contributed by atoms with Crippen LogP contribution in [0, 0.1) is 13.8 Å². The predicted molar refractivity (Wildman–Crippen MR) is 125 cm³/mol. The van der Waals surface area contributed by atoms with Gasteiger partial charge in [-0.3, -0.25) is 9.10 Å². The second-order valence-corrected chi connectivity index (χ2v) is 9.59. The first kappa shape index (κ1) is 22.6. The van der Waals surface area contributed by atoms with E-state index in [9.17, 15) is 13.2 Å². The van der Waals surface area contributed by atoms with E-state index < -0.39 is 10.0 Å². The maximum atomic E-state index is 12.9. The number of hydrogen-bond donors (Lipinski definition) is 1. The zero-order chi connectivity index (χ0) is 22.6. The summed E-state index contributed by atoms with van der Waals surface area (Å²) < 4.78 is 27.0. The third-order valence-corrected chi connectivity index (χ3v) is 7.25. The summed E-state index contributed by atoms with van der Waals surface area (Å²) in [6, 6.07) is 21.2. The third kappa shape index (κ3) is 4.97. The van der Waals surface area contributed by atoms with Gasteiger partial charge in [0, 0.05) is 12.6 Å². The first-order chi connectivity index (χ1) is 14.7. The Hall–Kier alpha value is -3.12. The van der Waals surface area contributed by atoms with Gasteiger partial charge in [-0.25, -0.2) is 8.42 Å². The highest BCUT2D eigenvalue weighted by atomic mass is 32.2. The Balaban J connectivity index is 1.76. The van der Waals surface area contributed by atoms with Gasteiger partial charge < -0.3 is 5.32 Å². The number of hydrogen-bond acceptors (Lipinski definition) is 3. The largest absolute Gasteiger partial charge is 0.345 e. The Labute approximate surface area is 184 Å². The summed E-state index contributed by atoms with van der Waals surface area (Å²) in [7, 11) is -2.16. The smallest absolute Gasteiger partial charge is 0.264 e. The predicted octanol–water partition coefficient (Wildman–Crippen LogP) is 5.01. The molecule has 0 radical (unpaired) electrons. The molecule has 0 bridgehead atoms. The van der Waals surface area contributed by atoms with Gasteiger partial charge in [0.25, 0.3) is 15.9 Å². The van der Waals surface area contributed by atoms with Crippen molar-refractivity contribution in [2.24, 2.45) is 0 Å². The van der Waals surface area contributed by atoms with Crippen molar-refractivity contribution in [2.75, 3.05) is 11.4 Å². The fraction of sp³-hybridized carbons (Fsp3) is 0.240. The van der Waals surface area contributed by atoms with Gasteiger partial charge in [-0.05, 0) is 67.8 Å². The molecule has 1 amide bonds. The number of aryl methyl sites for hydroxylation is 2. The van der Waals surface area contributed by atoms with Crippen molar-refractivity contribution in [3.63, 3.8) is 0 Å². The van der Waals surface area contributed by atoms with Gasteiger partial charge in [0.15, 0.2) is 0 Å². The quantitative estimate of drug-likeness (QED) is 0.566. The van der Waals surface area contributed by atoms with Crippen LogP contribution in [0.5, 0.6) is 0 Å². The summed E-state index contributed by atoms with van der Waals surface area (Å²) in [4.78, 5) is 13.0. The molecule has 1 N–H and O–H groups in total. The van der Waals surface area contributed by atoms with Gasteiger partial charge in [0.05, 0.1) is 16.6 Å². The second-order valence-electron chi connectivity index (χ2n) is 7.62. The molecule has 0 saturated carbocycles. The van der Waals surface area contributed by atoms with E-state index in [-0.39, 0.29) is 16.8 Å². The van der Waals surface area contributed by atoms with Gasteiger partial charge in [0.2, 0.25) is 0 Å². The normalized spacial score (nSPS) is 12.3. The zero-order valence-corrected chi connectivity index (χ0v) is 19.1. The van der Waals surface area contributed by atoms with Crippen LogP contribution < -0.4 is 9.62 Å². The fourth-order valence-electron chi connectivity index (χ4n) is 3.45. The van der Waals surface area contributed by atoms with E-state index in [0.717, 1.165) is 23.1 Å². The van der Waals surface area contributed by atoms with Crippen molar-refractivity contribution < 1.29 is 13.2 Å². The van der Waals surface area contributed by atoms with Crippen molar-refractivity contribution in [2.45, 2.75) is 38.1 Å². The van der Waals surface area contributed by atoms with Crippen LogP contribution in [-0.2, 0) is 10.0 Å². The average molecular weight is 437 g/mol. The molecule has 0 unspecified atom stereocenters. The van der Waals surface area contributed by atoms with E-state index in [1.807, 2.05) is 45.0 Å². The molecule has 3 aromatic rings. The summed E-state index contributed by atoms with van der Waals surface area (Å²) in [6.45, 7) is 5.97. The molecule has 0 aliphatic heterocycles. The van der Waals surface area contributed by atoms with Crippen LogP contribution in [0.2, 0.25) is 0 Å². The van der Waals surface area contributed by atoms with Crippen molar-refractivity contribution in [3.8, 4) is 0 Å². The maximum absolute atomic E-state index is 12.9. The molecule has 0 heterocycles. The molecule has 3 aromatic carbocycles. The van der Waals surface area contributed by atoms with Crippen LogP contribution in [0.1, 0.15) is 46.4 Å². The van der Waals surface area contributed by atoms with Crippen LogP contribution in [0.4, 0.5) is 5.69 Å². The number of benzene rings is 3. The van der Waals surface area contributed by atoms with Crippen molar-refractivity contribution >= 4 is 21.6 Å². The molecule has 31 heavy (non-hydrogen) atoms. The van der Waals surface area contributed by atoms with E-state index in [2.05, 4.69) is 5.32 Å². The molecule has 0 saturated heterocycles. The number of nitrogens with zero attached hydrogens (tertiary/aromatic N) is 1. The molecule has 162 valence electrons. The molecule has 0 aliphatic carbocycles. The molecule has 0 fully saturated rings. The monoisotopic (exact) mass is 436 g/mol. The lowest BCUT2D eigenvalue weighted by Gasteiger charge is -2.21. The Bertz CT molecular complexity index is 1150. The van der Waals surface area contributed by atoms with E-state index >= 15 is 0 Å².